The van der Waals surface area contributed by atoms with Gasteiger partial charge < -0.3 is 4.74 Å². The molecule has 0 heterocycles. The minimum Gasteiger partial charge on any atom is -0.499 e. The molecule has 0 rings (SSSR count). The largest absolute Gasteiger partial charge is 0.499 e. The fourth-order valence-electron chi connectivity index (χ4n) is 0.204. The second kappa shape index (κ2) is 2.76. The molecule has 0 spiro atoms. The number of hydrogen-bond acceptors (Lipinski definition) is 1. The maximum atomic E-state index is 4.74. The predicted molar refractivity (Wildman–Crippen MR) is 26.1 cm³/mol. The molecule has 0 aliphatic heterocycles. The van der Waals surface area contributed by atoms with Crippen molar-refractivity contribution in [1.82, 2.24) is 0 Å². The van der Waals surface area contributed by atoms with Crippen molar-refractivity contribution in [1.29, 1.82) is 0 Å². The average molecular weight is 85.1 g/mol. The van der Waals surface area contributed by atoms with Gasteiger partial charge in [0.15, 0.2) is 0 Å². The Morgan fingerprint density at radius 2 is 2.33 bits per heavy atom. The second-order valence-electron chi connectivity index (χ2n) is 0.972. The first kappa shape index (κ1) is 5.54. The van der Waals surface area contributed by atoms with Gasteiger partial charge >= 0.3 is 0 Å². The molecule has 1 nitrogen and oxygen atoms in total. The highest BCUT2D eigenvalue weighted by Gasteiger charge is 1.73. The Morgan fingerprint density at radius 1 is 1.83 bits per heavy atom. The van der Waals surface area contributed by atoms with E-state index in [1.165, 1.54) is 0 Å². The molecule has 1 heteroatoms. The zero-order valence-corrected chi connectivity index (χ0v) is 4.03. The molecule has 0 aromatic rings. The van der Waals surface area contributed by atoms with E-state index >= 15 is 0 Å². The van der Waals surface area contributed by atoms with Gasteiger partial charge in [0.1, 0.15) is 0 Å². The smallest absolute Gasteiger partial charge is 0.0892 e. The molecule has 0 bridgehead atoms. The zero-order valence-electron chi connectivity index (χ0n) is 4.03. The fraction of sp³-hybridized carbons (Fsp3) is 0.400. The quantitative estimate of drug-likeness (QED) is 0.460. The summed E-state index contributed by atoms with van der Waals surface area (Å²) in [7, 11) is 0. The Morgan fingerprint density at radius 3 is 2.33 bits per heavy atom. The highest BCUT2D eigenvalue weighted by molar-refractivity contribution is 4.84. The normalized spacial score (nSPS) is 7.67. The molecule has 0 aromatic heterocycles. The van der Waals surface area contributed by atoms with Crippen LogP contribution < -0.4 is 0 Å². The van der Waals surface area contributed by atoms with Gasteiger partial charge in [-0.25, -0.2) is 0 Å². The predicted octanol–water partition coefficient (Wildman–Crippen LogP) is 1.37. The molecule has 0 atom stereocenters. The number of hydrogen-bond donors (Lipinski definition) is 0. The van der Waals surface area contributed by atoms with Crippen LogP contribution in [0.4, 0.5) is 0 Å². The van der Waals surface area contributed by atoms with E-state index in [-0.39, 0.29) is 0 Å². The van der Waals surface area contributed by atoms with Gasteiger partial charge in [-0.2, -0.15) is 0 Å². The average Bonchev–Trinajstić information content (AvgIpc) is 1.35. The summed E-state index contributed by atoms with van der Waals surface area (Å²) in [4.78, 5) is 0. The highest BCUT2D eigenvalue weighted by Crippen LogP contribution is 1.84. The third-order valence-electron chi connectivity index (χ3n) is 0.348. The van der Waals surface area contributed by atoms with E-state index in [9.17, 15) is 0 Å². The van der Waals surface area contributed by atoms with Crippen molar-refractivity contribution in [2.75, 3.05) is 6.61 Å². The van der Waals surface area contributed by atoms with Gasteiger partial charge in [0.2, 0.25) is 0 Å². The van der Waals surface area contributed by atoms with Gasteiger partial charge in [-0.05, 0) is 6.92 Å². The van der Waals surface area contributed by atoms with Crippen LogP contribution in [0.2, 0.25) is 0 Å². The van der Waals surface area contributed by atoms with Gasteiger partial charge in [0.25, 0.3) is 0 Å². The second-order valence-corrected chi connectivity index (χ2v) is 0.972. The van der Waals surface area contributed by atoms with E-state index in [0.29, 0.717) is 12.4 Å². The van der Waals surface area contributed by atoms with Gasteiger partial charge in [0.05, 0.1) is 12.4 Å². The minimum absolute atomic E-state index is 0.539. The third-order valence-corrected chi connectivity index (χ3v) is 0.348. The third kappa shape index (κ3) is 3.54. The number of allylic oxidation sites excluding steroid dienone is 1. The summed E-state index contributed by atoms with van der Waals surface area (Å²) in [6.07, 6.45) is 0. The van der Waals surface area contributed by atoms with E-state index in [1.54, 1.807) is 0 Å². The summed E-state index contributed by atoms with van der Waals surface area (Å²) in [5, 5.41) is 0. The van der Waals surface area contributed by atoms with Crippen LogP contribution >= 0.6 is 0 Å². The van der Waals surface area contributed by atoms with Crippen LogP contribution in [0.25, 0.3) is 0 Å². The van der Waals surface area contributed by atoms with Crippen molar-refractivity contribution in [2.24, 2.45) is 0 Å². The molecule has 0 saturated carbocycles. The summed E-state index contributed by atoms with van der Waals surface area (Å²) in [6, 6.07) is 0. The Hall–Kier alpha value is -0.460. The Balaban J connectivity index is 2.83. The monoisotopic (exact) mass is 85.1 g/mol. The van der Waals surface area contributed by atoms with Crippen LogP contribution in [0, 0.1) is 6.92 Å². The first-order valence-corrected chi connectivity index (χ1v) is 1.91. The number of rotatable bonds is 2. The molecule has 0 N–H and O–H groups in total. The van der Waals surface area contributed by atoms with Crippen molar-refractivity contribution in [2.45, 2.75) is 6.92 Å². The zero-order chi connectivity index (χ0) is 4.99. The molecule has 0 aliphatic rings. The molecular formula is C5H9O. The topological polar surface area (TPSA) is 9.23 Å². The molecule has 1 radical (unpaired) electrons. The first-order valence-electron chi connectivity index (χ1n) is 1.91. The molecule has 0 aromatic carbocycles. The summed E-state index contributed by atoms with van der Waals surface area (Å²) in [6.45, 7) is 9.39. The number of ether oxygens (including phenoxy) is 1. The lowest BCUT2D eigenvalue weighted by Crippen LogP contribution is -1.81. The van der Waals surface area contributed by atoms with Crippen LogP contribution in [0.5, 0.6) is 0 Å². The Bertz CT molecular complexity index is 47.9. The molecule has 0 aliphatic carbocycles. The van der Waals surface area contributed by atoms with Crippen LogP contribution in [0.15, 0.2) is 12.3 Å². The summed E-state index contributed by atoms with van der Waals surface area (Å²) < 4.78 is 4.74. The Labute approximate surface area is 38.6 Å². The van der Waals surface area contributed by atoms with Crippen molar-refractivity contribution < 1.29 is 4.74 Å². The molecule has 0 fully saturated rings. The lowest BCUT2D eigenvalue weighted by molar-refractivity contribution is 0.243. The standard InChI is InChI=1S/C5H9O/c1-4-6-5(2)3/h2-4H2,1H3. The first-order chi connectivity index (χ1) is 2.77. The molecule has 35 valence electrons. The highest BCUT2D eigenvalue weighted by atomic mass is 16.5. The molecule has 0 saturated heterocycles. The summed E-state index contributed by atoms with van der Waals surface area (Å²) in [5.41, 5.74) is 0. The van der Waals surface area contributed by atoms with Gasteiger partial charge in [-0.3, -0.25) is 0 Å². The van der Waals surface area contributed by atoms with E-state index in [1.807, 2.05) is 6.92 Å². The van der Waals surface area contributed by atoms with Crippen molar-refractivity contribution >= 4 is 0 Å². The lowest BCUT2D eigenvalue weighted by atomic mass is 10.6. The van der Waals surface area contributed by atoms with Crippen molar-refractivity contribution in [3.05, 3.63) is 19.3 Å². The summed E-state index contributed by atoms with van der Waals surface area (Å²) >= 11 is 0. The SMILES string of the molecule is [CH2]C(=C)OCC. The van der Waals surface area contributed by atoms with Crippen LogP contribution in [-0.2, 0) is 4.74 Å². The maximum Gasteiger partial charge on any atom is 0.0892 e. The van der Waals surface area contributed by atoms with Crippen molar-refractivity contribution in [3.63, 3.8) is 0 Å². The molecule has 6 heavy (non-hydrogen) atoms. The van der Waals surface area contributed by atoms with E-state index in [4.69, 9.17) is 4.74 Å². The maximum absolute atomic E-state index is 4.74. The van der Waals surface area contributed by atoms with E-state index in [0.717, 1.165) is 0 Å². The van der Waals surface area contributed by atoms with Crippen LogP contribution in [0.1, 0.15) is 6.92 Å². The molecular weight excluding hydrogens is 76.1 g/mol. The van der Waals surface area contributed by atoms with Gasteiger partial charge in [-0.15, -0.1) is 0 Å². The van der Waals surface area contributed by atoms with Gasteiger partial charge in [-0.1, -0.05) is 6.58 Å². The summed E-state index contributed by atoms with van der Waals surface area (Å²) in [5.74, 6) is 0.539. The molecule has 0 amide bonds. The fourth-order valence-corrected chi connectivity index (χ4v) is 0.204. The lowest BCUT2D eigenvalue weighted by Gasteiger charge is -1.95. The van der Waals surface area contributed by atoms with Crippen LogP contribution in [-0.4, -0.2) is 6.61 Å². The van der Waals surface area contributed by atoms with Crippen molar-refractivity contribution in [3.8, 4) is 0 Å². The van der Waals surface area contributed by atoms with E-state index < -0.39 is 0 Å². The minimum atomic E-state index is 0.539. The molecule has 0 unspecified atom stereocenters. The van der Waals surface area contributed by atoms with Gasteiger partial charge in [0, 0.05) is 6.92 Å². The van der Waals surface area contributed by atoms with E-state index in [2.05, 4.69) is 13.5 Å². The van der Waals surface area contributed by atoms with Crippen LogP contribution in [0.3, 0.4) is 0 Å². The Kier molecular flexibility index (Phi) is 2.55.